The molecule has 3 N–H and O–H groups in total. The number of H-pyrrole nitrogens is 1. The van der Waals surface area contributed by atoms with Gasteiger partial charge in [0.05, 0.1) is 21.6 Å². The molecule has 3 aromatic carbocycles. The Balaban J connectivity index is 1.43. The average molecular weight is 420 g/mol. The SMILES string of the molecule is C/C(=N/Nc1nc2ccccc2[nH]1)c1ccc(S(=O)(=O)NCc2ccccc2)cc1. The summed E-state index contributed by atoms with van der Waals surface area (Å²) in [6.45, 7) is 2.08. The van der Waals surface area contributed by atoms with Crippen LogP contribution in [0.2, 0.25) is 0 Å². The summed E-state index contributed by atoms with van der Waals surface area (Å²) in [5, 5.41) is 4.34. The van der Waals surface area contributed by atoms with Crippen molar-refractivity contribution in [2.45, 2.75) is 18.4 Å². The normalized spacial score (nSPS) is 12.2. The van der Waals surface area contributed by atoms with E-state index in [0.717, 1.165) is 22.2 Å². The molecule has 0 saturated heterocycles. The van der Waals surface area contributed by atoms with Gasteiger partial charge in [-0.2, -0.15) is 5.10 Å². The van der Waals surface area contributed by atoms with Crippen molar-refractivity contribution in [1.82, 2.24) is 14.7 Å². The molecule has 0 unspecified atom stereocenters. The second-order valence-electron chi connectivity index (χ2n) is 6.75. The maximum atomic E-state index is 12.5. The van der Waals surface area contributed by atoms with Gasteiger partial charge in [0.15, 0.2) is 0 Å². The van der Waals surface area contributed by atoms with Gasteiger partial charge >= 0.3 is 0 Å². The zero-order valence-electron chi connectivity index (χ0n) is 16.3. The zero-order chi connectivity index (χ0) is 21.0. The first-order valence-corrected chi connectivity index (χ1v) is 10.9. The van der Waals surface area contributed by atoms with Crippen LogP contribution in [-0.2, 0) is 16.6 Å². The van der Waals surface area contributed by atoms with Crippen LogP contribution in [0.3, 0.4) is 0 Å². The number of fused-ring (bicyclic) bond motifs is 1. The molecular weight excluding hydrogens is 398 g/mol. The van der Waals surface area contributed by atoms with E-state index in [1.807, 2.05) is 61.5 Å². The van der Waals surface area contributed by atoms with Gasteiger partial charge in [-0.15, -0.1) is 0 Å². The van der Waals surface area contributed by atoms with Crippen LogP contribution in [0, 0.1) is 0 Å². The lowest BCUT2D eigenvalue weighted by molar-refractivity contribution is 0.581. The molecule has 152 valence electrons. The summed E-state index contributed by atoms with van der Waals surface area (Å²) < 4.78 is 27.6. The van der Waals surface area contributed by atoms with Gasteiger partial charge in [0.25, 0.3) is 0 Å². The van der Waals surface area contributed by atoms with Crippen molar-refractivity contribution < 1.29 is 8.42 Å². The molecule has 0 spiro atoms. The fourth-order valence-electron chi connectivity index (χ4n) is 2.94. The predicted molar refractivity (Wildman–Crippen MR) is 119 cm³/mol. The first-order chi connectivity index (χ1) is 14.5. The molecule has 1 heterocycles. The molecule has 8 heteroatoms. The molecule has 4 rings (SSSR count). The molecule has 30 heavy (non-hydrogen) atoms. The fraction of sp³-hybridized carbons (Fsp3) is 0.0909. The molecule has 0 fully saturated rings. The van der Waals surface area contributed by atoms with Crippen molar-refractivity contribution in [2.24, 2.45) is 5.10 Å². The minimum atomic E-state index is -3.59. The highest BCUT2D eigenvalue weighted by atomic mass is 32.2. The van der Waals surface area contributed by atoms with Gasteiger partial charge in [-0.3, -0.25) is 0 Å². The maximum Gasteiger partial charge on any atom is 0.240 e. The second kappa shape index (κ2) is 8.48. The molecule has 0 saturated carbocycles. The van der Waals surface area contributed by atoms with Gasteiger partial charge in [-0.05, 0) is 42.3 Å². The quantitative estimate of drug-likeness (QED) is 0.313. The van der Waals surface area contributed by atoms with Crippen LogP contribution in [0.15, 0.2) is 88.9 Å². The van der Waals surface area contributed by atoms with Crippen molar-refractivity contribution in [2.75, 3.05) is 5.43 Å². The van der Waals surface area contributed by atoms with E-state index in [1.165, 1.54) is 0 Å². The van der Waals surface area contributed by atoms with Crippen LogP contribution in [0.5, 0.6) is 0 Å². The van der Waals surface area contributed by atoms with Crippen LogP contribution >= 0.6 is 0 Å². The number of nitrogens with zero attached hydrogens (tertiary/aromatic N) is 2. The molecular formula is C22H21N5O2S. The van der Waals surface area contributed by atoms with E-state index in [4.69, 9.17) is 0 Å². The number of hydrazone groups is 1. The summed E-state index contributed by atoms with van der Waals surface area (Å²) >= 11 is 0. The number of hydrogen-bond donors (Lipinski definition) is 3. The number of nitrogens with one attached hydrogen (secondary N) is 3. The molecule has 0 aliphatic rings. The Morgan fingerprint density at radius 3 is 2.40 bits per heavy atom. The lowest BCUT2D eigenvalue weighted by Crippen LogP contribution is -2.23. The minimum absolute atomic E-state index is 0.209. The van der Waals surface area contributed by atoms with Crippen LogP contribution < -0.4 is 10.1 Å². The van der Waals surface area contributed by atoms with E-state index >= 15 is 0 Å². The molecule has 0 atom stereocenters. The molecule has 7 nitrogen and oxygen atoms in total. The molecule has 1 aromatic heterocycles. The van der Waals surface area contributed by atoms with Crippen molar-refractivity contribution in [3.05, 3.63) is 90.0 Å². The highest BCUT2D eigenvalue weighted by Gasteiger charge is 2.14. The van der Waals surface area contributed by atoms with Crippen molar-refractivity contribution >= 4 is 32.7 Å². The Labute approximate surface area is 174 Å². The second-order valence-corrected chi connectivity index (χ2v) is 8.51. The van der Waals surface area contributed by atoms with Crippen LogP contribution in [-0.4, -0.2) is 24.1 Å². The van der Waals surface area contributed by atoms with Crippen molar-refractivity contribution in [3.8, 4) is 0 Å². The topological polar surface area (TPSA) is 99.2 Å². The highest BCUT2D eigenvalue weighted by molar-refractivity contribution is 7.89. The number of sulfonamides is 1. The summed E-state index contributed by atoms with van der Waals surface area (Å²) in [7, 11) is -3.59. The highest BCUT2D eigenvalue weighted by Crippen LogP contribution is 2.15. The van der Waals surface area contributed by atoms with Crippen LogP contribution in [0.25, 0.3) is 11.0 Å². The molecule has 0 radical (unpaired) electrons. The van der Waals surface area contributed by atoms with Crippen molar-refractivity contribution in [1.29, 1.82) is 0 Å². The number of aromatic amines is 1. The van der Waals surface area contributed by atoms with Gasteiger partial charge in [0.1, 0.15) is 0 Å². The Bertz CT molecular complexity index is 1250. The van der Waals surface area contributed by atoms with Crippen LogP contribution in [0.4, 0.5) is 5.95 Å². The third-order valence-corrected chi connectivity index (χ3v) is 6.03. The monoisotopic (exact) mass is 419 g/mol. The third-order valence-electron chi connectivity index (χ3n) is 4.61. The van der Waals surface area contributed by atoms with E-state index in [2.05, 4.69) is 25.2 Å². The Morgan fingerprint density at radius 2 is 1.67 bits per heavy atom. The van der Waals surface area contributed by atoms with Gasteiger partial charge in [0, 0.05) is 6.54 Å². The summed E-state index contributed by atoms with van der Waals surface area (Å²) in [6.07, 6.45) is 0. The minimum Gasteiger partial charge on any atom is -0.323 e. The maximum absolute atomic E-state index is 12.5. The molecule has 4 aromatic rings. The van der Waals surface area contributed by atoms with E-state index in [9.17, 15) is 8.42 Å². The number of aromatic nitrogens is 2. The number of imidazole rings is 1. The van der Waals surface area contributed by atoms with E-state index in [1.54, 1.807) is 24.3 Å². The summed E-state index contributed by atoms with van der Waals surface area (Å²) in [5.41, 5.74) is 7.09. The van der Waals surface area contributed by atoms with Gasteiger partial charge in [-0.1, -0.05) is 54.6 Å². The third kappa shape index (κ3) is 4.56. The largest absolute Gasteiger partial charge is 0.323 e. The Morgan fingerprint density at radius 1 is 0.967 bits per heavy atom. The van der Waals surface area contributed by atoms with Crippen LogP contribution in [0.1, 0.15) is 18.1 Å². The van der Waals surface area contributed by atoms with Gasteiger partial charge in [0.2, 0.25) is 16.0 Å². The molecule has 0 aliphatic heterocycles. The predicted octanol–water partition coefficient (Wildman–Crippen LogP) is 3.88. The number of para-hydroxylation sites is 2. The number of hydrogen-bond acceptors (Lipinski definition) is 5. The smallest absolute Gasteiger partial charge is 0.240 e. The lowest BCUT2D eigenvalue weighted by Gasteiger charge is -2.08. The van der Waals surface area contributed by atoms with Gasteiger partial charge < -0.3 is 4.98 Å². The molecule has 0 amide bonds. The van der Waals surface area contributed by atoms with Gasteiger partial charge in [-0.25, -0.2) is 23.5 Å². The first-order valence-electron chi connectivity index (χ1n) is 9.40. The molecule has 0 aliphatic carbocycles. The zero-order valence-corrected chi connectivity index (χ0v) is 17.1. The standard InChI is InChI=1S/C22H21N5O2S/c1-16(26-27-22-24-20-9-5-6-10-21(20)25-22)18-11-13-19(14-12-18)30(28,29)23-15-17-7-3-2-4-8-17/h2-14,23H,15H2,1H3,(H2,24,25,27)/b26-16-. The Kier molecular flexibility index (Phi) is 5.60. The van der Waals surface area contributed by atoms with E-state index in [0.29, 0.717) is 11.7 Å². The average Bonchev–Trinajstić information content (AvgIpc) is 3.20. The fourth-order valence-corrected chi connectivity index (χ4v) is 3.96. The summed E-state index contributed by atoms with van der Waals surface area (Å²) in [4.78, 5) is 7.76. The van der Waals surface area contributed by atoms with E-state index < -0.39 is 10.0 Å². The number of anilines is 1. The summed E-state index contributed by atoms with van der Waals surface area (Å²) in [5.74, 6) is 0.542. The van der Waals surface area contributed by atoms with E-state index in [-0.39, 0.29) is 11.4 Å². The number of benzene rings is 3. The number of rotatable bonds is 7. The summed E-state index contributed by atoms with van der Waals surface area (Å²) in [6, 6.07) is 23.7. The lowest BCUT2D eigenvalue weighted by atomic mass is 10.1. The molecule has 0 bridgehead atoms. The first kappa shape index (κ1) is 19.8. The van der Waals surface area contributed by atoms with Crippen molar-refractivity contribution in [3.63, 3.8) is 0 Å². The Hall–Kier alpha value is -3.49.